The van der Waals surface area contributed by atoms with Crippen molar-refractivity contribution in [1.82, 2.24) is 0 Å². The molecule has 6 heteroatoms. The lowest BCUT2D eigenvalue weighted by molar-refractivity contribution is -0.384. The highest BCUT2D eigenvalue weighted by molar-refractivity contribution is 7.93. The molecule has 3 aromatic rings. The standard InChI is InChI=1S/C18H14N2O3S/c21-20(22)16-13-11-15(12-14-16)19-24(23,17-7-3-1-4-8-17)18-9-5-2-6-10-18/h1-14H. The summed E-state index contributed by atoms with van der Waals surface area (Å²) in [5.74, 6) is 0. The number of benzene rings is 3. The minimum absolute atomic E-state index is 0.0279. The Hall–Kier alpha value is -2.99. The molecule has 0 aliphatic rings. The van der Waals surface area contributed by atoms with Gasteiger partial charge >= 0.3 is 0 Å². The molecule has 0 saturated carbocycles. The van der Waals surface area contributed by atoms with Crippen LogP contribution in [0.4, 0.5) is 11.4 Å². The van der Waals surface area contributed by atoms with E-state index in [9.17, 15) is 14.3 Å². The van der Waals surface area contributed by atoms with E-state index in [4.69, 9.17) is 0 Å². The van der Waals surface area contributed by atoms with Crippen molar-refractivity contribution >= 4 is 21.1 Å². The lowest BCUT2D eigenvalue weighted by Gasteiger charge is -2.11. The SMILES string of the molecule is O=[N+]([O-])c1ccc(N=S(=O)(c2ccccc2)c2ccccc2)cc1. The first-order chi connectivity index (χ1) is 11.6. The molecule has 24 heavy (non-hydrogen) atoms. The maximum absolute atomic E-state index is 13.7. The van der Waals surface area contributed by atoms with Gasteiger partial charge in [-0.25, -0.2) is 4.21 Å². The topological polar surface area (TPSA) is 72.6 Å². The summed E-state index contributed by atoms with van der Waals surface area (Å²) < 4.78 is 18.1. The van der Waals surface area contributed by atoms with Gasteiger partial charge in [0.2, 0.25) is 0 Å². The van der Waals surface area contributed by atoms with Crippen molar-refractivity contribution in [2.24, 2.45) is 4.36 Å². The highest BCUT2D eigenvalue weighted by Crippen LogP contribution is 2.28. The van der Waals surface area contributed by atoms with Crippen LogP contribution in [0.1, 0.15) is 0 Å². The lowest BCUT2D eigenvalue weighted by atomic mass is 10.3. The quantitative estimate of drug-likeness (QED) is 0.506. The van der Waals surface area contributed by atoms with Crippen LogP contribution >= 0.6 is 0 Å². The van der Waals surface area contributed by atoms with Crippen molar-refractivity contribution < 1.29 is 9.13 Å². The molecule has 0 N–H and O–H groups in total. The van der Waals surface area contributed by atoms with Gasteiger partial charge in [0, 0.05) is 12.1 Å². The van der Waals surface area contributed by atoms with Gasteiger partial charge in [-0.15, -0.1) is 0 Å². The second kappa shape index (κ2) is 6.64. The summed E-state index contributed by atoms with van der Waals surface area (Å²) in [6, 6.07) is 23.7. The van der Waals surface area contributed by atoms with Gasteiger partial charge in [-0.2, -0.15) is 4.36 Å². The second-order valence-electron chi connectivity index (χ2n) is 5.02. The Balaban J connectivity index is 2.19. The summed E-state index contributed by atoms with van der Waals surface area (Å²) in [4.78, 5) is 11.5. The van der Waals surface area contributed by atoms with Gasteiger partial charge < -0.3 is 0 Å². The van der Waals surface area contributed by atoms with Crippen molar-refractivity contribution in [3.63, 3.8) is 0 Å². The van der Waals surface area contributed by atoms with E-state index in [-0.39, 0.29) is 5.69 Å². The van der Waals surface area contributed by atoms with Crippen LogP contribution in [0.5, 0.6) is 0 Å². The number of nitro benzene ring substituents is 1. The van der Waals surface area contributed by atoms with E-state index in [0.29, 0.717) is 15.5 Å². The molecule has 0 radical (unpaired) electrons. The number of nitro groups is 1. The van der Waals surface area contributed by atoms with Crippen LogP contribution in [0, 0.1) is 10.1 Å². The van der Waals surface area contributed by atoms with Crippen LogP contribution in [0.15, 0.2) is 99.1 Å². The summed E-state index contributed by atoms with van der Waals surface area (Å²) in [6.07, 6.45) is 0. The molecule has 0 bridgehead atoms. The smallest absolute Gasteiger partial charge is 0.258 e. The summed E-state index contributed by atoms with van der Waals surface area (Å²) in [7, 11) is -2.88. The average molecular weight is 338 g/mol. The molecule has 0 amide bonds. The predicted octanol–water partition coefficient (Wildman–Crippen LogP) is 4.81. The van der Waals surface area contributed by atoms with Crippen molar-refractivity contribution in [3.05, 3.63) is 95.0 Å². The van der Waals surface area contributed by atoms with E-state index in [1.807, 2.05) is 36.4 Å². The first kappa shape index (κ1) is 15.9. The molecule has 5 nitrogen and oxygen atoms in total. The third-order valence-electron chi connectivity index (χ3n) is 3.42. The van der Waals surface area contributed by atoms with E-state index in [2.05, 4.69) is 4.36 Å². The summed E-state index contributed by atoms with van der Waals surface area (Å²) >= 11 is 0. The van der Waals surface area contributed by atoms with E-state index >= 15 is 0 Å². The molecule has 0 aliphatic heterocycles. The average Bonchev–Trinajstić information content (AvgIpc) is 2.63. The monoisotopic (exact) mass is 338 g/mol. The zero-order valence-electron chi connectivity index (χ0n) is 12.6. The highest BCUT2D eigenvalue weighted by atomic mass is 32.2. The maximum atomic E-state index is 13.7. The molecule has 3 aromatic carbocycles. The summed E-state index contributed by atoms with van der Waals surface area (Å²) in [5, 5.41) is 10.8. The Morgan fingerprint density at radius 2 is 1.21 bits per heavy atom. The minimum Gasteiger partial charge on any atom is -0.258 e. The van der Waals surface area contributed by atoms with Gasteiger partial charge in [0.15, 0.2) is 0 Å². The number of nitrogens with zero attached hydrogens (tertiary/aromatic N) is 2. The van der Waals surface area contributed by atoms with Crippen LogP contribution in [-0.4, -0.2) is 9.13 Å². The molecule has 0 aliphatic carbocycles. The number of hydrogen-bond acceptors (Lipinski definition) is 4. The predicted molar refractivity (Wildman–Crippen MR) is 92.7 cm³/mol. The van der Waals surface area contributed by atoms with Crippen molar-refractivity contribution in [3.8, 4) is 0 Å². The molecular formula is C18H14N2O3S. The number of rotatable bonds is 4. The minimum atomic E-state index is -2.88. The molecule has 120 valence electrons. The molecule has 0 spiro atoms. The Morgan fingerprint density at radius 3 is 1.62 bits per heavy atom. The molecule has 0 fully saturated rings. The molecule has 0 atom stereocenters. The van der Waals surface area contributed by atoms with Gasteiger partial charge in [-0.05, 0) is 36.4 Å². The molecule has 0 aromatic heterocycles. The normalized spacial score (nSPS) is 11.0. The fourth-order valence-corrected chi connectivity index (χ4v) is 4.19. The molecule has 0 heterocycles. The molecule has 0 unspecified atom stereocenters. The van der Waals surface area contributed by atoms with Gasteiger partial charge in [0.05, 0.1) is 20.4 Å². The Bertz CT molecular complexity index is 917. The Kier molecular flexibility index (Phi) is 4.39. The van der Waals surface area contributed by atoms with Gasteiger partial charge in [-0.1, -0.05) is 36.4 Å². The first-order valence-electron chi connectivity index (χ1n) is 7.21. The van der Waals surface area contributed by atoms with Gasteiger partial charge in [0.25, 0.3) is 5.69 Å². The largest absolute Gasteiger partial charge is 0.269 e. The fourth-order valence-electron chi connectivity index (χ4n) is 2.24. The van der Waals surface area contributed by atoms with E-state index < -0.39 is 14.7 Å². The van der Waals surface area contributed by atoms with Crippen LogP contribution in [0.25, 0.3) is 0 Å². The lowest BCUT2D eigenvalue weighted by Crippen LogP contribution is -2.01. The van der Waals surface area contributed by atoms with Crippen LogP contribution in [-0.2, 0) is 9.73 Å². The van der Waals surface area contributed by atoms with Crippen LogP contribution in [0.2, 0.25) is 0 Å². The zero-order valence-corrected chi connectivity index (χ0v) is 13.4. The Morgan fingerprint density at radius 1 is 0.750 bits per heavy atom. The first-order valence-corrected chi connectivity index (χ1v) is 8.73. The summed E-state index contributed by atoms with van der Waals surface area (Å²) in [5.41, 5.74) is 0.401. The summed E-state index contributed by atoms with van der Waals surface area (Å²) in [6.45, 7) is 0. The number of hydrogen-bond donors (Lipinski definition) is 0. The van der Waals surface area contributed by atoms with E-state index in [1.165, 1.54) is 24.3 Å². The van der Waals surface area contributed by atoms with E-state index in [0.717, 1.165) is 0 Å². The van der Waals surface area contributed by atoms with Crippen molar-refractivity contribution in [2.45, 2.75) is 9.79 Å². The fraction of sp³-hybridized carbons (Fsp3) is 0. The second-order valence-corrected chi connectivity index (χ2v) is 7.19. The Labute approximate surface area is 139 Å². The molecule has 0 saturated heterocycles. The number of non-ortho nitro benzene ring substituents is 1. The van der Waals surface area contributed by atoms with Crippen molar-refractivity contribution in [2.75, 3.05) is 0 Å². The molecule has 3 rings (SSSR count). The highest BCUT2D eigenvalue weighted by Gasteiger charge is 2.16. The maximum Gasteiger partial charge on any atom is 0.269 e. The van der Waals surface area contributed by atoms with Crippen molar-refractivity contribution in [1.29, 1.82) is 0 Å². The van der Waals surface area contributed by atoms with Crippen LogP contribution < -0.4 is 0 Å². The van der Waals surface area contributed by atoms with Gasteiger partial charge in [-0.3, -0.25) is 10.1 Å². The van der Waals surface area contributed by atoms with Gasteiger partial charge in [0.1, 0.15) is 9.73 Å². The third-order valence-corrected chi connectivity index (χ3v) is 5.71. The zero-order chi connectivity index (χ0) is 17.0. The van der Waals surface area contributed by atoms with E-state index in [1.54, 1.807) is 24.3 Å². The third kappa shape index (κ3) is 3.18. The molecular weight excluding hydrogens is 324 g/mol. The van der Waals surface area contributed by atoms with Crippen LogP contribution in [0.3, 0.4) is 0 Å².